The summed E-state index contributed by atoms with van der Waals surface area (Å²) in [6.45, 7) is -0.290. The van der Waals surface area contributed by atoms with Gasteiger partial charge in [-0.25, -0.2) is 4.39 Å². The van der Waals surface area contributed by atoms with Crippen LogP contribution >= 0.6 is 34.5 Å². The van der Waals surface area contributed by atoms with Crippen molar-refractivity contribution < 1.29 is 24.2 Å². The average molecular weight is 593 g/mol. The molecule has 5 N–H and O–H groups in total. The van der Waals surface area contributed by atoms with Gasteiger partial charge in [0.05, 0.1) is 23.8 Å². The van der Waals surface area contributed by atoms with Crippen LogP contribution < -0.4 is 16.0 Å². The molecule has 0 unspecified atom stereocenters. The lowest BCUT2D eigenvalue weighted by Crippen LogP contribution is -2.48. The molecule has 7 nitrogen and oxygen atoms in total. The van der Waals surface area contributed by atoms with Crippen molar-refractivity contribution in [1.82, 2.24) is 10.6 Å². The summed E-state index contributed by atoms with van der Waals surface area (Å²) < 4.78 is 15.0. The molecule has 2 amide bonds. The van der Waals surface area contributed by atoms with Gasteiger partial charge in [0.15, 0.2) is 0 Å². The van der Waals surface area contributed by atoms with Crippen molar-refractivity contribution in [2.75, 3.05) is 18.5 Å². The summed E-state index contributed by atoms with van der Waals surface area (Å²) >= 11 is 14.0. The minimum atomic E-state index is -1.34. The third kappa shape index (κ3) is 5.19. The maximum Gasteiger partial charge on any atom is 0.237 e. The van der Waals surface area contributed by atoms with Gasteiger partial charge in [-0.1, -0.05) is 35.3 Å². The van der Waals surface area contributed by atoms with Crippen LogP contribution in [0.15, 0.2) is 53.2 Å². The molecule has 39 heavy (non-hydrogen) atoms. The van der Waals surface area contributed by atoms with Gasteiger partial charge in [-0.3, -0.25) is 9.59 Å². The molecule has 2 aliphatic heterocycles. The number of aryl methyl sites for hydroxylation is 1. The molecule has 1 aromatic heterocycles. The Morgan fingerprint density at radius 2 is 2.05 bits per heavy atom. The summed E-state index contributed by atoms with van der Waals surface area (Å²) in [6, 6.07) is 10.3. The van der Waals surface area contributed by atoms with Gasteiger partial charge in [-0.15, -0.1) is 0 Å². The quantitative estimate of drug-likeness (QED) is 0.258. The summed E-state index contributed by atoms with van der Waals surface area (Å²) in [6.07, 6.45) is 0.338. The summed E-state index contributed by atoms with van der Waals surface area (Å²) in [5, 5.41) is 32.4. The molecule has 1 saturated heterocycles. The second-order valence-corrected chi connectivity index (χ2v) is 11.6. The number of nitrogens with one attached hydrogen (secondary N) is 3. The Morgan fingerprint density at radius 1 is 1.23 bits per heavy atom. The molecule has 206 valence electrons. The van der Waals surface area contributed by atoms with Crippen molar-refractivity contribution in [2.24, 2.45) is 0 Å². The highest BCUT2D eigenvalue weighted by molar-refractivity contribution is 7.07. The van der Waals surface area contributed by atoms with E-state index in [1.165, 1.54) is 12.1 Å². The van der Waals surface area contributed by atoms with E-state index in [9.17, 15) is 19.1 Å². The van der Waals surface area contributed by atoms with Gasteiger partial charge in [0.2, 0.25) is 11.8 Å². The van der Waals surface area contributed by atoms with Gasteiger partial charge in [0.25, 0.3) is 0 Å². The van der Waals surface area contributed by atoms with Gasteiger partial charge >= 0.3 is 0 Å². The molecular formula is C28H28Cl2FN3O4S. The van der Waals surface area contributed by atoms with Crippen LogP contribution in [0.1, 0.15) is 35.4 Å². The zero-order valence-electron chi connectivity index (χ0n) is 20.8. The molecule has 0 aliphatic carbocycles. The maximum absolute atomic E-state index is 15.0. The highest BCUT2D eigenvalue weighted by Crippen LogP contribution is 2.56. The molecule has 0 bridgehead atoms. The number of hydrogen-bond acceptors (Lipinski definition) is 6. The molecule has 1 spiro atoms. The van der Waals surface area contributed by atoms with E-state index < -0.39 is 41.9 Å². The van der Waals surface area contributed by atoms with E-state index in [1.807, 2.05) is 22.9 Å². The van der Waals surface area contributed by atoms with Crippen molar-refractivity contribution in [3.8, 4) is 0 Å². The van der Waals surface area contributed by atoms with Gasteiger partial charge in [-0.2, -0.15) is 11.3 Å². The predicted octanol–water partition coefficient (Wildman–Crippen LogP) is 4.00. The molecule has 2 aliphatic rings. The minimum absolute atomic E-state index is 0.108. The first kappa shape index (κ1) is 28.0. The van der Waals surface area contributed by atoms with Crippen LogP contribution in [0.5, 0.6) is 0 Å². The van der Waals surface area contributed by atoms with E-state index in [2.05, 4.69) is 16.0 Å². The van der Waals surface area contributed by atoms with Crippen molar-refractivity contribution in [2.45, 2.75) is 48.8 Å². The molecule has 11 heteroatoms. The van der Waals surface area contributed by atoms with Gasteiger partial charge in [0, 0.05) is 29.2 Å². The van der Waals surface area contributed by atoms with Gasteiger partial charge in [-0.05, 0) is 77.0 Å². The molecule has 3 heterocycles. The number of amides is 2. The maximum atomic E-state index is 15.0. The van der Waals surface area contributed by atoms with E-state index in [4.69, 9.17) is 28.3 Å². The molecule has 3 aromatic rings. The minimum Gasteiger partial charge on any atom is -0.394 e. The monoisotopic (exact) mass is 591 g/mol. The number of rotatable bonds is 9. The van der Waals surface area contributed by atoms with E-state index >= 15 is 0 Å². The van der Waals surface area contributed by atoms with E-state index in [-0.39, 0.29) is 29.8 Å². The topological polar surface area (TPSA) is 111 Å². The third-order valence-electron chi connectivity index (χ3n) is 7.66. The number of benzene rings is 2. The molecule has 0 saturated carbocycles. The Bertz CT molecular complexity index is 1370. The number of carbonyl (C=O) groups is 2. The Morgan fingerprint density at radius 3 is 2.77 bits per heavy atom. The highest BCUT2D eigenvalue weighted by atomic mass is 35.5. The van der Waals surface area contributed by atoms with Gasteiger partial charge in [0.1, 0.15) is 11.2 Å². The van der Waals surface area contributed by atoms with Crippen LogP contribution in [-0.4, -0.2) is 53.4 Å². The van der Waals surface area contributed by atoms with Crippen LogP contribution in [0, 0.1) is 5.82 Å². The normalized spacial score (nSPS) is 24.5. The lowest BCUT2D eigenvalue weighted by molar-refractivity contribution is -0.124. The average Bonchev–Trinajstić information content (AvgIpc) is 3.61. The van der Waals surface area contributed by atoms with Crippen molar-refractivity contribution in [3.05, 3.63) is 85.8 Å². The second-order valence-electron chi connectivity index (χ2n) is 9.95. The van der Waals surface area contributed by atoms with Crippen molar-refractivity contribution in [1.29, 1.82) is 0 Å². The lowest BCUT2D eigenvalue weighted by atomic mass is 9.64. The summed E-state index contributed by atoms with van der Waals surface area (Å²) in [5.74, 6) is -2.12. The van der Waals surface area contributed by atoms with Gasteiger partial charge < -0.3 is 26.2 Å². The zero-order valence-corrected chi connectivity index (χ0v) is 23.1. The van der Waals surface area contributed by atoms with E-state index in [0.29, 0.717) is 34.7 Å². The van der Waals surface area contributed by atoms with Crippen LogP contribution in [-0.2, 0) is 21.4 Å². The Kier molecular flexibility index (Phi) is 8.28. The van der Waals surface area contributed by atoms with Crippen LogP contribution in [0.3, 0.4) is 0 Å². The number of fused-ring (bicyclic) bond motifs is 2. The summed E-state index contributed by atoms with van der Waals surface area (Å²) in [4.78, 5) is 27.8. The van der Waals surface area contributed by atoms with Crippen molar-refractivity contribution in [3.63, 3.8) is 0 Å². The van der Waals surface area contributed by atoms with Crippen LogP contribution in [0.2, 0.25) is 10.0 Å². The van der Waals surface area contributed by atoms with Crippen LogP contribution in [0.25, 0.3) is 0 Å². The summed E-state index contributed by atoms with van der Waals surface area (Å²) in [7, 11) is 0. The first-order chi connectivity index (χ1) is 18.7. The number of hydrogen-bond donors (Lipinski definition) is 5. The SMILES string of the molecule is O=C(NCC[C@H](O)CO)[C@@H]1N[C@H](CCc2ccsc2)[C@]2(C(=O)Nc3cc(Cl)c(F)cc32)[C@H]1c1cccc(Cl)c1. The Hall–Kier alpha value is -2.53. The zero-order chi connectivity index (χ0) is 27.7. The first-order valence-electron chi connectivity index (χ1n) is 12.7. The fourth-order valence-electron chi connectivity index (χ4n) is 5.92. The Balaban J connectivity index is 1.62. The number of aliphatic hydroxyl groups is 2. The summed E-state index contributed by atoms with van der Waals surface area (Å²) in [5.41, 5.74) is 1.26. The third-order valence-corrected chi connectivity index (χ3v) is 8.92. The predicted molar refractivity (Wildman–Crippen MR) is 150 cm³/mol. The first-order valence-corrected chi connectivity index (χ1v) is 14.4. The highest BCUT2D eigenvalue weighted by Gasteiger charge is 2.65. The number of aliphatic hydroxyl groups excluding tert-OH is 2. The molecule has 0 radical (unpaired) electrons. The second kappa shape index (κ2) is 11.5. The number of carbonyl (C=O) groups excluding carboxylic acids is 2. The standard InChI is InChI=1S/C28H28Cl2FN3O4S/c29-17-3-1-2-16(10-17)24-25(26(37)32-8-6-18(36)13-35)34-23(5-4-15-7-9-39-14-15)28(24)19-11-21(31)20(30)12-22(19)33-27(28)38/h1-3,7,9-12,14,18,23-25,34-36H,4-6,8,13H2,(H,32,37)(H,33,38)/t18-,23+,24-,25+,28-/m0/s1. The number of anilines is 1. The van der Waals surface area contributed by atoms with E-state index in [0.717, 1.165) is 5.56 Å². The fourth-order valence-corrected chi connectivity index (χ4v) is 6.99. The molecule has 1 fully saturated rings. The number of halogens is 3. The fraction of sp³-hybridized carbons (Fsp3) is 0.357. The Labute approximate surface area is 239 Å². The number of thiophene rings is 1. The molecular weight excluding hydrogens is 564 g/mol. The largest absolute Gasteiger partial charge is 0.394 e. The molecule has 5 atom stereocenters. The molecule has 2 aromatic carbocycles. The molecule has 5 rings (SSSR count). The smallest absolute Gasteiger partial charge is 0.237 e. The van der Waals surface area contributed by atoms with Crippen LogP contribution in [0.4, 0.5) is 10.1 Å². The van der Waals surface area contributed by atoms with Crippen molar-refractivity contribution >= 4 is 52.0 Å². The van der Waals surface area contributed by atoms with E-state index in [1.54, 1.807) is 29.5 Å². The lowest BCUT2D eigenvalue weighted by Gasteiger charge is -2.35.